The van der Waals surface area contributed by atoms with Crippen LogP contribution in [0, 0.1) is 6.92 Å². The topological polar surface area (TPSA) is 17.0 Å². The molecule has 2 nitrogen and oxygen atoms in total. The van der Waals surface area contributed by atoms with E-state index in [0.717, 1.165) is 6.42 Å². The molecule has 16 heavy (non-hydrogen) atoms. The van der Waals surface area contributed by atoms with Crippen LogP contribution in [0.4, 0.5) is 0 Å². The van der Waals surface area contributed by atoms with Crippen LogP contribution in [0.2, 0.25) is 0 Å². The molecule has 1 aromatic heterocycles. The van der Waals surface area contributed by atoms with Gasteiger partial charge in [0, 0.05) is 30.2 Å². The summed E-state index contributed by atoms with van der Waals surface area (Å²) in [7, 11) is 4.14. The molecule has 1 atom stereocenters. The summed E-state index contributed by atoms with van der Waals surface area (Å²) in [4.78, 5) is 0. The van der Waals surface area contributed by atoms with E-state index in [1.165, 1.54) is 22.0 Å². The van der Waals surface area contributed by atoms with Crippen LogP contribution in [0.5, 0.6) is 0 Å². The molecule has 0 radical (unpaired) electrons. The Bertz CT molecular complexity index is 497. The van der Waals surface area contributed by atoms with Gasteiger partial charge in [-0.2, -0.15) is 0 Å². The number of rotatable bonds is 3. The van der Waals surface area contributed by atoms with Gasteiger partial charge in [-0.25, -0.2) is 0 Å². The summed E-state index contributed by atoms with van der Waals surface area (Å²) in [5, 5.41) is 4.72. The molecule has 1 unspecified atom stereocenters. The largest absolute Gasteiger partial charge is 0.350 e. The Morgan fingerprint density at radius 2 is 2.12 bits per heavy atom. The van der Waals surface area contributed by atoms with Gasteiger partial charge in [0.05, 0.1) is 0 Å². The zero-order chi connectivity index (χ0) is 11.7. The normalized spacial score (nSPS) is 13.2. The summed E-state index contributed by atoms with van der Waals surface area (Å²) in [6.45, 7) is 4.41. The van der Waals surface area contributed by atoms with E-state index in [1.54, 1.807) is 0 Å². The number of hydrogen-bond donors (Lipinski definition) is 1. The second kappa shape index (κ2) is 4.30. The van der Waals surface area contributed by atoms with Gasteiger partial charge in [-0.3, -0.25) is 0 Å². The van der Waals surface area contributed by atoms with Gasteiger partial charge in [0.25, 0.3) is 0 Å². The number of aryl methyl sites for hydroxylation is 2. The van der Waals surface area contributed by atoms with E-state index in [0.29, 0.717) is 6.04 Å². The van der Waals surface area contributed by atoms with Crippen molar-refractivity contribution < 1.29 is 0 Å². The maximum atomic E-state index is 3.30. The number of nitrogens with zero attached hydrogens (tertiary/aromatic N) is 1. The third-order valence-electron chi connectivity index (χ3n) is 3.32. The van der Waals surface area contributed by atoms with Gasteiger partial charge in [-0.05, 0) is 44.5 Å². The quantitative estimate of drug-likeness (QED) is 0.834. The van der Waals surface area contributed by atoms with Crippen LogP contribution in [0.25, 0.3) is 10.9 Å². The Morgan fingerprint density at radius 1 is 1.38 bits per heavy atom. The highest BCUT2D eigenvalue weighted by Crippen LogP contribution is 2.25. The van der Waals surface area contributed by atoms with E-state index < -0.39 is 0 Å². The van der Waals surface area contributed by atoms with Crippen LogP contribution in [-0.2, 0) is 13.5 Å². The molecule has 1 N–H and O–H groups in total. The van der Waals surface area contributed by atoms with Crippen molar-refractivity contribution in [2.75, 3.05) is 7.05 Å². The molecular formula is C14H20N2. The van der Waals surface area contributed by atoms with Crippen LogP contribution in [0.15, 0.2) is 24.4 Å². The van der Waals surface area contributed by atoms with Crippen molar-refractivity contribution in [3.8, 4) is 0 Å². The van der Waals surface area contributed by atoms with Gasteiger partial charge in [0.1, 0.15) is 0 Å². The van der Waals surface area contributed by atoms with Crippen LogP contribution in [0.1, 0.15) is 18.1 Å². The van der Waals surface area contributed by atoms with Crippen LogP contribution in [0.3, 0.4) is 0 Å². The fraction of sp³-hybridized carbons (Fsp3) is 0.429. The smallest absolute Gasteiger partial charge is 0.0483 e. The number of fused-ring (bicyclic) bond motifs is 1. The first-order valence-corrected chi connectivity index (χ1v) is 5.84. The minimum absolute atomic E-state index is 0.519. The van der Waals surface area contributed by atoms with E-state index in [-0.39, 0.29) is 0 Å². The maximum absolute atomic E-state index is 3.30. The maximum Gasteiger partial charge on any atom is 0.0483 e. The lowest BCUT2D eigenvalue weighted by Crippen LogP contribution is -2.23. The first-order valence-electron chi connectivity index (χ1n) is 5.84. The molecule has 0 aliphatic rings. The molecule has 0 bridgehead atoms. The molecule has 0 aliphatic heterocycles. The molecule has 0 saturated carbocycles. The lowest BCUT2D eigenvalue weighted by molar-refractivity contribution is 0.609. The van der Waals surface area contributed by atoms with Crippen molar-refractivity contribution in [2.24, 2.45) is 7.05 Å². The highest BCUT2D eigenvalue weighted by molar-refractivity contribution is 5.87. The van der Waals surface area contributed by atoms with Crippen molar-refractivity contribution in [1.82, 2.24) is 9.88 Å². The molecule has 2 heteroatoms. The number of benzene rings is 1. The first-order chi connectivity index (χ1) is 7.63. The third kappa shape index (κ3) is 1.85. The molecule has 1 aromatic carbocycles. The number of likely N-dealkylation sites (N-methyl/N-ethyl adjacent to an activating group) is 1. The van der Waals surface area contributed by atoms with Crippen molar-refractivity contribution in [3.05, 3.63) is 35.5 Å². The molecule has 2 rings (SSSR count). The molecular weight excluding hydrogens is 196 g/mol. The molecule has 1 heterocycles. The summed E-state index contributed by atoms with van der Waals surface area (Å²) >= 11 is 0. The second-order valence-corrected chi connectivity index (χ2v) is 4.63. The Kier molecular flexibility index (Phi) is 3.01. The zero-order valence-electron chi connectivity index (χ0n) is 10.5. The Balaban J connectivity index is 2.53. The highest BCUT2D eigenvalue weighted by Gasteiger charge is 2.10. The predicted octanol–water partition coefficient (Wildman–Crippen LogP) is 2.64. The molecule has 86 valence electrons. The Labute approximate surface area is 97.3 Å². The summed E-state index contributed by atoms with van der Waals surface area (Å²) in [5.41, 5.74) is 4.15. The third-order valence-corrected chi connectivity index (χ3v) is 3.32. The fourth-order valence-electron chi connectivity index (χ4n) is 2.32. The lowest BCUT2D eigenvalue weighted by atomic mass is 10.0. The van der Waals surface area contributed by atoms with E-state index in [1.807, 2.05) is 7.05 Å². The van der Waals surface area contributed by atoms with E-state index in [9.17, 15) is 0 Å². The van der Waals surface area contributed by atoms with Crippen molar-refractivity contribution in [2.45, 2.75) is 26.3 Å². The Hall–Kier alpha value is -1.28. The molecule has 0 amide bonds. The average Bonchev–Trinajstić information content (AvgIpc) is 2.57. The van der Waals surface area contributed by atoms with Gasteiger partial charge in [0.2, 0.25) is 0 Å². The summed E-state index contributed by atoms with van der Waals surface area (Å²) in [6.07, 6.45) is 3.34. The van der Waals surface area contributed by atoms with Gasteiger partial charge in [0.15, 0.2) is 0 Å². The number of nitrogens with one attached hydrogen (secondary N) is 1. The zero-order valence-corrected chi connectivity index (χ0v) is 10.5. The SMILES string of the molecule is CNC(C)Cc1cn(C)c2cccc(C)c12. The molecule has 0 spiro atoms. The van der Waals surface area contributed by atoms with E-state index in [2.05, 4.69) is 55.2 Å². The summed E-state index contributed by atoms with van der Waals surface area (Å²) < 4.78 is 2.22. The van der Waals surface area contributed by atoms with Crippen molar-refractivity contribution in [3.63, 3.8) is 0 Å². The Morgan fingerprint density at radius 3 is 2.81 bits per heavy atom. The lowest BCUT2D eigenvalue weighted by Gasteiger charge is -2.09. The van der Waals surface area contributed by atoms with E-state index in [4.69, 9.17) is 0 Å². The van der Waals surface area contributed by atoms with Crippen molar-refractivity contribution in [1.29, 1.82) is 0 Å². The average molecular weight is 216 g/mol. The predicted molar refractivity (Wildman–Crippen MR) is 69.9 cm³/mol. The van der Waals surface area contributed by atoms with Crippen LogP contribution >= 0.6 is 0 Å². The van der Waals surface area contributed by atoms with Crippen LogP contribution in [-0.4, -0.2) is 17.7 Å². The van der Waals surface area contributed by atoms with Gasteiger partial charge >= 0.3 is 0 Å². The summed E-state index contributed by atoms with van der Waals surface area (Å²) in [6, 6.07) is 7.03. The van der Waals surface area contributed by atoms with Gasteiger partial charge in [-0.15, -0.1) is 0 Å². The van der Waals surface area contributed by atoms with Gasteiger partial charge in [-0.1, -0.05) is 12.1 Å². The minimum Gasteiger partial charge on any atom is -0.350 e. The monoisotopic (exact) mass is 216 g/mol. The first kappa shape index (κ1) is 11.2. The molecule has 0 saturated heterocycles. The second-order valence-electron chi connectivity index (χ2n) is 4.63. The number of aromatic nitrogens is 1. The standard InChI is InChI=1S/C14H20N2/c1-10-6-5-7-13-14(10)12(9-16(13)4)8-11(2)15-3/h5-7,9,11,15H,8H2,1-4H3. The molecule has 0 fully saturated rings. The number of hydrogen-bond acceptors (Lipinski definition) is 1. The fourth-order valence-corrected chi connectivity index (χ4v) is 2.32. The van der Waals surface area contributed by atoms with Gasteiger partial charge < -0.3 is 9.88 Å². The molecule has 0 aliphatic carbocycles. The van der Waals surface area contributed by atoms with Crippen molar-refractivity contribution >= 4 is 10.9 Å². The highest BCUT2D eigenvalue weighted by atomic mass is 14.9. The minimum atomic E-state index is 0.519. The molecule has 2 aromatic rings. The summed E-state index contributed by atoms with van der Waals surface area (Å²) in [5.74, 6) is 0. The van der Waals surface area contributed by atoms with Crippen LogP contribution < -0.4 is 5.32 Å². The van der Waals surface area contributed by atoms with E-state index >= 15 is 0 Å².